The Bertz CT molecular complexity index is 17.1. The van der Waals surface area contributed by atoms with E-state index in [0.29, 0.717) is 6.51 Å². The second kappa shape index (κ2) is 4.45. The maximum Gasteiger partial charge on any atom is 0.179 e. The lowest BCUT2D eigenvalue weighted by Crippen LogP contribution is -1.85. The van der Waals surface area contributed by atoms with Crippen LogP contribution in [0.25, 0.3) is 0 Å². The van der Waals surface area contributed by atoms with Crippen LogP contribution in [-0.4, -0.2) is 25.3 Å². The first kappa shape index (κ1) is 5.45. The Hall–Kier alpha value is 0.455. The number of aliphatic hydroxyl groups excluding tert-OH is 1. The summed E-state index contributed by atoms with van der Waals surface area (Å²) in [6.07, 6.45) is 0. The minimum absolute atomic E-state index is 0.356. The van der Waals surface area contributed by atoms with Crippen molar-refractivity contribution in [3.05, 3.63) is 0 Å². The van der Waals surface area contributed by atoms with Crippen molar-refractivity contribution in [1.82, 2.24) is 0 Å². The average Bonchev–Trinajstić information content (AvgIpc) is 1.41. The van der Waals surface area contributed by atoms with Gasteiger partial charge in [0.2, 0.25) is 0 Å². The van der Waals surface area contributed by atoms with E-state index in [1.54, 1.807) is 0 Å². The summed E-state index contributed by atoms with van der Waals surface area (Å²) in [6.45, 7) is 3.41. The van der Waals surface area contributed by atoms with Gasteiger partial charge in [0, 0.05) is 6.51 Å². The van der Waals surface area contributed by atoms with Crippen LogP contribution in [0.3, 0.4) is 0 Å². The molecule has 1 unspecified atom stereocenters. The van der Waals surface area contributed by atoms with Gasteiger partial charge in [-0.15, -0.1) is 0 Å². The van der Waals surface area contributed by atoms with Crippen molar-refractivity contribution in [2.75, 3.05) is 13.2 Å². The van der Waals surface area contributed by atoms with Gasteiger partial charge < -0.3 is 5.11 Å². The molecule has 1 atom stereocenters. The van der Waals surface area contributed by atoms with Crippen molar-refractivity contribution in [3.8, 4) is 0 Å². The summed E-state index contributed by atoms with van der Waals surface area (Å²) in [6, 6.07) is 0. The minimum Gasteiger partial charge on any atom is -0.404 e. The van der Waals surface area contributed by atoms with Gasteiger partial charge in [-0.25, -0.2) is 0 Å². The Labute approximate surface area is 34.8 Å². The van der Waals surface area contributed by atoms with E-state index in [4.69, 9.17) is 5.11 Å². The fourth-order valence-corrected chi connectivity index (χ4v) is 0.335. The quantitative estimate of drug-likeness (QED) is 0.361. The third kappa shape index (κ3) is 4.45. The summed E-state index contributed by atoms with van der Waals surface area (Å²) in [5.41, 5.74) is 0. The maximum atomic E-state index is 8.07. The summed E-state index contributed by atoms with van der Waals surface area (Å²) in [4.78, 5) is 0. The van der Waals surface area contributed by atoms with Crippen molar-refractivity contribution >= 4 is 15.5 Å². The van der Waals surface area contributed by atoms with Gasteiger partial charge in [-0.1, -0.05) is 6.66 Å². The first-order valence-corrected chi connectivity index (χ1v) is 3.38. The maximum absolute atomic E-state index is 8.07. The smallest absolute Gasteiger partial charge is 0.179 e. The van der Waals surface area contributed by atoms with Crippen LogP contribution in [0.1, 0.15) is 0 Å². The van der Waals surface area contributed by atoms with E-state index >= 15 is 0 Å². The molecule has 0 rings (SSSR count). The van der Waals surface area contributed by atoms with Gasteiger partial charge in [-0.05, 0) is 0 Å². The molecule has 0 aliphatic rings. The first-order chi connectivity index (χ1) is 2.41. The molecule has 5 heavy (non-hydrogen) atoms. The fourth-order valence-electron chi connectivity index (χ4n) is 0.112. The molecule has 0 heterocycles. The highest BCUT2D eigenvalue weighted by Gasteiger charge is 1.73. The van der Waals surface area contributed by atoms with Crippen molar-refractivity contribution in [3.63, 3.8) is 0 Å². The van der Waals surface area contributed by atoms with Crippen LogP contribution in [-0.2, 0) is 0 Å². The largest absolute Gasteiger partial charge is 0.404 e. The van der Waals surface area contributed by atoms with Crippen molar-refractivity contribution in [1.29, 1.82) is 0 Å². The Kier molecular flexibility index (Phi) is 4.86. The molecule has 1 N–H and O–H groups in total. The van der Waals surface area contributed by atoms with Gasteiger partial charge in [0.1, 0.15) is 0 Å². The SMILES string of the molecule is CPBCO. The molecule has 0 saturated heterocycles. The second-order valence-electron chi connectivity index (χ2n) is 0.827. The number of rotatable bonds is 2. The van der Waals surface area contributed by atoms with Crippen molar-refractivity contribution in [2.45, 2.75) is 0 Å². The fraction of sp³-hybridized carbons (Fsp3) is 1.00. The van der Waals surface area contributed by atoms with Gasteiger partial charge in [-0.3, -0.25) is 0 Å². The topological polar surface area (TPSA) is 20.2 Å². The standard InChI is InChI=1S/C2H8BOP/c1-5-3-2-4/h3-5H,2H2,1H3. The third-order valence-electron chi connectivity index (χ3n) is 0.362. The molecule has 0 aliphatic heterocycles. The highest BCUT2D eigenvalue weighted by molar-refractivity contribution is 7.70. The third-order valence-corrected chi connectivity index (χ3v) is 1.09. The van der Waals surface area contributed by atoms with Gasteiger partial charge in [0.05, 0.1) is 0 Å². The lowest BCUT2D eigenvalue weighted by Gasteiger charge is -1.76. The normalized spacial score (nSPS) is 10.0. The number of aliphatic hydroxyl groups is 1. The Morgan fingerprint density at radius 2 is 2.60 bits per heavy atom. The van der Waals surface area contributed by atoms with Crippen LogP contribution in [0, 0.1) is 0 Å². The monoisotopic (exact) mass is 90.0 g/mol. The average molecular weight is 89.9 g/mol. The van der Waals surface area contributed by atoms with Crippen LogP contribution < -0.4 is 0 Å². The van der Waals surface area contributed by atoms with Gasteiger partial charge >= 0.3 is 0 Å². The summed E-state index contributed by atoms with van der Waals surface area (Å²) < 4.78 is 0. The lowest BCUT2D eigenvalue weighted by molar-refractivity contribution is 0.368. The molecule has 0 saturated carbocycles. The molecule has 0 aromatic heterocycles. The zero-order valence-electron chi connectivity index (χ0n) is 3.36. The van der Waals surface area contributed by atoms with E-state index < -0.39 is 0 Å². The highest BCUT2D eigenvalue weighted by atomic mass is 31.1. The molecule has 0 fully saturated rings. The van der Waals surface area contributed by atoms with Crippen LogP contribution in [0.2, 0.25) is 0 Å². The second-order valence-corrected chi connectivity index (χ2v) is 2.03. The molecular formula is C2H8BOP. The molecule has 30 valence electrons. The molecule has 0 aromatic carbocycles. The number of hydrogen-bond donors (Lipinski definition) is 1. The molecular weight excluding hydrogens is 81.8 g/mol. The number of hydrogen-bond acceptors (Lipinski definition) is 1. The van der Waals surface area contributed by atoms with Crippen LogP contribution >= 0.6 is 8.46 Å². The highest BCUT2D eigenvalue weighted by Crippen LogP contribution is 1.92. The van der Waals surface area contributed by atoms with E-state index in [2.05, 4.69) is 6.66 Å². The Morgan fingerprint density at radius 1 is 2.00 bits per heavy atom. The lowest BCUT2D eigenvalue weighted by atomic mass is 10.2. The van der Waals surface area contributed by atoms with Crippen molar-refractivity contribution in [2.24, 2.45) is 0 Å². The van der Waals surface area contributed by atoms with Crippen LogP contribution in [0.15, 0.2) is 0 Å². The zero-order valence-corrected chi connectivity index (χ0v) is 4.36. The minimum atomic E-state index is 0.356. The summed E-state index contributed by atoms with van der Waals surface area (Å²) >= 11 is 0. The van der Waals surface area contributed by atoms with Crippen LogP contribution in [0.4, 0.5) is 0 Å². The van der Waals surface area contributed by atoms with E-state index in [9.17, 15) is 0 Å². The molecule has 1 nitrogen and oxygen atoms in total. The van der Waals surface area contributed by atoms with Gasteiger partial charge in [-0.2, -0.15) is 8.46 Å². The molecule has 0 bridgehead atoms. The van der Waals surface area contributed by atoms with E-state index in [1.807, 2.05) is 0 Å². The Morgan fingerprint density at radius 3 is 2.60 bits per heavy atom. The molecule has 0 aliphatic carbocycles. The Balaban J connectivity index is 2.19. The van der Waals surface area contributed by atoms with Gasteiger partial charge in [0.15, 0.2) is 7.00 Å². The van der Waals surface area contributed by atoms with E-state index in [1.165, 1.54) is 0 Å². The molecule has 0 aromatic rings. The summed E-state index contributed by atoms with van der Waals surface area (Å²) in [7, 11) is 0.908. The summed E-state index contributed by atoms with van der Waals surface area (Å²) in [5, 5.41) is 8.07. The van der Waals surface area contributed by atoms with Crippen LogP contribution in [0.5, 0.6) is 0 Å². The summed E-state index contributed by atoms with van der Waals surface area (Å²) in [5.74, 6) is 0. The van der Waals surface area contributed by atoms with Gasteiger partial charge in [0.25, 0.3) is 0 Å². The molecule has 0 amide bonds. The van der Waals surface area contributed by atoms with E-state index in [-0.39, 0.29) is 0 Å². The van der Waals surface area contributed by atoms with E-state index in [0.717, 1.165) is 15.5 Å². The predicted octanol–water partition coefficient (Wildman–Crippen LogP) is -0.404. The molecule has 0 spiro atoms. The first-order valence-electron chi connectivity index (χ1n) is 1.67. The molecule has 3 heteroatoms. The molecule has 0 radical (unpaired) electrons. The predicted molar refractivity (Wildman–Crippen MR) is 28.5 cm³/mol. The zero-order chi connectivity index (χ0) is 4.12. The van der Waals surface area contributed by atoms with Crippen molar-refractivity contribution < 1.29 is 5.11 Å².